The van der Waals surface area contributed by atoms with Crippen molar-refractivity contribution in [2.24, 2.45) is 0 Å². The summed E-state index contributed by atoms with van der Waals surface area (Å²) in [6.45, 7) is 1.73. The largest absolute Gasteiger partial charge is 0.317 e. The molecule has 0 aliphatic carbocycles. The van der Waals surface area contributed by atoms with Gasteiger partial charge in [-0.3, -0.25) is 9.89 Å². The fourth-order valence-electron chi connectivity index (χ4n) is 1.23. The Morgan fingerprint density at radius 3 is 2.53 bits per heavy atom. The van der Waals surface area contributed by atoms with Crippen molar-refractivity contribution in [3.05, 3.63) is 38.8 Å². The summed E-state index contributed by atoms with van der Waals surface area (Å²) < 4.78 is 1.57. The normalized spacial score (nSPS) is 10.3. The first-order valence-corrected chi connectivity index (χ1v) is 6.31. The molecular formula is C10H8Br2N4O. The smallest absolute Gasteiger partial charge is 0.295 e. The zero-order chi connectivity index (χ0) is 12.4. The summed E-state index contributed by atoms with van der Waals surface area (Å²) in [5.74, 6) is 0.355. The fraction of sp³-hybridized carbons (Fsp3) is 0.100. The minimum Gasteiger partial charge on any atom is -0.317 e. The van der Waals surface area contributed by atoms with Crippen molar-refractivity contribution in [3.8, 4) is 0 Å². The predicted octanol–water partition coefficient (Wildman–Crippen LogP) is 2.89. The summed E-state index contributed by atoms with van der Waals surface area (Å²) in [7, 11) is 0. The van der Waals surface area contributed by atoms with Crippen LogP contribution < -0.4 is 5.32 Å². The molecule has 1 heterocycles. The van der Waals surface area contributed by atoms with Crippen LogP contribution in [-0.4, -0.2) is 21.1 Å². The van der Waals surface area contributed by atoms with Crippen molar-refractivity contribution in [2.45, 2.75) is 6.92 Å². The lowest BCUT2D eigenvalue weighted by molar-refractivity contribution is 0.101. The Morgan fingerprint density at radius 2 is 2.00 bits per heavy atom. The Kier molecular flexibility index (Phi) is 3.58. The van der Waals surface area contributed by atoms with Gasteiger partial charge in [-0.15, -0.1) is 5.10 Å². The second-order valence-electron chi connectivity index (χ2n) is 3.30. The molecule has 0 spiro atoms. The first-order valence-electron chi connectivity index (χ1n) is 4.72. The van der Waals surface area contributed by atoms with Crippen molar-refractivity contribution in [1.82, 2.24) is 15.2 Å². The summed E-state index contributed by atoms with van der Waals surface area (Å²) in [6.07, 6.45) is 0. The lowest BCUT2D eigenvalue weighted by atomic mass is 10.3. The van der Waals surface area contributed by atoms with Gasteiger partial charge in [0.1, 0.15) is 5.82 Å². The summed E-state index contributed by atoms with van der Waals surface area (Å²) in [4.78, 5) is 15.8. The molecule has 0 atom stereocenters. The minimum atomic E-state index is -0.359. The Labute approximate surface area is 114 Å². The fourth-order valence-corrected chi connectivity index (χ4v) is 2.43. The van der Waals surface area contributed by atoms with Crippen molar-refractivity contribution >= 4 is 43.5 Å². The molecule has 17 heavy (non-hydrogen) atoms. The number of halogens is 2. The van der Waals surface area contributed by atoms with E-state index in [1.54, 1.807) is 6.92 Å². The number of H-pyrrole nitrogens is 1. The van der Waals surface area contributed by atoms with Crippen molar-refractivity contribution in [3.63, 3.8) is 0 Å². The van der Waals surface area contributed by atoms with E-state index in [9.17, 15) is 4.79 Å². The number of aryl methyl sites for hydroxylation is 1. The van der Waals surface area contributed by atoms with Gasteiger partial charge in [0.2, 0.25) is 5.82 Å². The van der Waals surface area contributed by atoms with E-state index < -0.39 is 0 Å². The number of benzene rings is 1. The molecule has 88 valence electrons. The van der Waals surface area contributed by atoms with Crippen LogP contribution >= 0.6 is 31.9 Å². The number of nitrogens with one attached hydrogen (secondary N) is 2. The zero-order valence-electron chi connectivity index (χ0n) is 8.79. The number of carbonyl (C=O) groups excluding carboxylic acids is 1. The molecule has 0 radical (unpaired) electrons. The van der Waals surface area contributed by atoms with E-state index in [-0.39, 0.29) is 11.7 Å². The molecule has 0 unspecified atom stereocenters. The zero-order valence-corrected chi connectivity index (χ0v) is 12.0. The first kappa shape index (κ1) is 12.3. The third-order valence-electron chi connectivity index (χ3n) is 2.00. The number of nitrogens with zero attached hydrogens (tertiary/aromatic N) is 2. The molecule has 1 amide bonds. The molecule has 0 bridgehead atoms. The summed E-state index contributed by atoms with van der Waals surface area (Å²) in [6, 6.07) is 5.54. The van der Waals surface area contributed by atoms with E-state index in [0.29, 0.717) is 11.5 Å². The minimum absolute atomic E-state index is 0.116. The Morgan fingerprint density at radius 1 is 1.35 bits per heavy atom. The summed E-state index contributed by atoms with van der Waals surface area (Å²) in [5, 5.41) is 9.14. The van der Waals surface area contributed by atoms with Crippen LogP contribution in [0.15, 0.2) is 27.1 Å². The SMILES string of the molecule is Cc1nc(C(=O)Nc2c(Br)cccc2Br)n[nH]1. The highest BCUT2D eigenvalue weighted by molar-refractivity contribution is 9.11. The number of carbonyl (C=O) groups is 1. The first-order chi connectivity index (χ1) is 8.08. The molecule has 2 rings (SSSR count). The van der Waals surface area contributed by atoms with Gasteiger partial charge >= 0.3 is 0 Å². The predicted molar refractivity (Wildman–Crippen MR) is 70.9 cm³/mol. The third-order valence-corrected chi connectivity index (χ3v) is 3.32. The van der Waals surface area contributed by atoms with Gasteiger partial charge in [0.05, 0.1) is 5.69 Å². The number of hydrogen-bond donors (Lipinski definition) is 2. The molecule has 2 aromatic rings. The maximum atomic E-state index is 11.8. The maximum absolute atomic E-state index is 11.8. The van der Waals surface area contributed by atoms with Crippen molar-refractivity contribution < 1.29 is 4.79 Å². The van der Waals surface area contributed by atoms with Gasteiger partial charge in [-0.2, -0.15) is 0 Å². The molecule has 0 saturated heterocycles. The van der Waals surface area contributed by atoms with Gasteiger partial charge in [0, 0.05) is 8.95 Å². The van der Waals surface area contributed by atoms with Gasteiger partial charge in [0.15, 0.2) is 0 Å². The van der Waals surface area contributed by atoms with Crippen LogP contribution in [0, 0.1) is 6.92 Å². The number of aromatic amines is 1. The van der Waals surface area contributed by atoms with Crippen LogP contribution in [0.1, 0.15) is 16.4 Å². The van der Waals surface area contributed by atoms with Crippen molar-refractivity contribution in [1.29, 1.82) is 0 Å². The van der Waals surface area contributed by atoms with E-state index in [2.05, 4.69) is 52.4 Å². The molecule has 1 aromatic carbocycles. The lowest BCUT2D eigenvalue weighted by Crippen LogP contribution is -2.14. The number of rotatable bonds is 2. The van der Waals surface area contributed by atoms with Gasteiger partial charge in [-0.05, 0) is 50.9 Å². The quantitative estimate of drug-likeness (QED) is 0.866. The van der Waals surface area contributed by atoms with Crippen LogP contribution in [-0.2, 0) is 0 Å². The monoisotopic (exact) mass is 358 g/mol. The highest BCUT2D eigenvalue weighted by Gasteiger charge is 2.14. The van der Waals surface area contributed by atoms with E-state index in [1.807, 2.05) is 18.2 Å². The Bertz CT molecular complexity index is 547. The highest BCUT2D eigenvalue weighted by atomic mass is 79.9. The number of amides is 1. The number of para-hydroxylation sites is 1. The van der Waals surface area contributed by atoms with E-state index in [0.717, 1.165) is 8.95 Å². The standard InChI is InChI=1S/C10H8Br2N4O/c1-5-13-9(16-15-5)10(17)14-8-6(11)3-2-4-7(8)12/h2-4H,1H3,(H,14,17)(H,13,15,16). The van der Waals surface area contributed by atoms with Gasteiger partial charge < -0.3 is 5.32 Å². The van der Waals surface area contributed by atoms with Gasteiger partial charge in [-0.25, -0.2) is 4.98 Å². The van der Waals surface area contributed by atoms with E-state index in [1.165, 1.54) is 0 Å². The summed E-state index contributed by atoms with van der Waals surface area (Å²) in [5.41, 5.74) is 0.653. The number of hydrogen-bond acceptors (Lipinski definition) is 3. The Balaban J connectivity index is 2.24. The van der Waals surface area contributed by atoms with E-state index >= 15 is 0 Å². The second-order valence-corrected chi connectivity index (χ2v) is 5.00. The molecule has 5 nitrogen and oxygen atoms in total. The van der Waals surface area contributed by atoms with Gasteiger partial charge in [-0.1, -0.05) is 6.07 Å². The van der Waals surface area contributed by atoms with Crippen LogP contribution in [0.3, 0.4) is 0 Å². The second kappa shape index (κ2) is 4.97. The van der Waals surface area contributed by atoms with Crippen LogP contribution in [0.5, 0.6) is 0 Å². The molecule has 0 aliphatic rings. The third kappa shape index (κ3) is 2.73. The lowest BCUT2D eigenvalue weighted by Gasteiger charge is -2.07. The molecule has 0 aliphatic heterocycles. The maximum Gasteiger partial charge on any atom is 0.295 e. The molecular weight excluding hydrogens is 352 g/mol. The average molecular weight is 360 g/mol. The summed E-state index contributed by atoms with van der Waals surface area (Å²) >= 11 is 6.72. The molecule has 7 heteroatoms. The highest BCUT2D eigenvalue weighted by Crippen LogP contribution is 2.30. The van der Waals surface area contributed by atoms with Crippen LogP contribution in [0.25, 0.3) is 0 Å². The topological polar surface area (TPSA) is 70.7 Å². The molecule has 2 N–H and O–H groups in total. The van der Waals surface area contributed by atoms with Crippen molar-refractivity contribution in [2.75, 3.05) is 5.32 Å². The van der Waals surface area contributed by atoms with Crippen LogP contribution in [0.4, 0.5) is 5.69 Å². The average Bonchev–Trinajstić information content (AvgIpc) is 2.70. The van der Waals surface area contributed by atoms with E-state index in [4.69, 9.17) is 0 Å². The Hall–Kier alpha value is -1.21. The number of anilines is 1. The van der Waals surface area contributed by atoms with Crippen LogP contribution in [0.2, 0.25) is 0 Å². The molecule has 0 saturated carbocycles. The van der Waals surface area contributed by atoms with Gasteiger partial charge in [0.25, 0.3) is 5.91 Å². The molecule has 1 aromatic heterocycles. The number of aromatic nitrogens is 3. The molecule has 0 fully saturated rings.